The monoisotopic (exact) mass is 222 g/mol. The van der Waals surface area contributed by atoms with Crippen LogP contribution in [0.5, 0.6) is 0 Å². The van der Waals surface area contributed by atoms with Crippen LogP contribution in [-0.4, -0.2) is 12.1 Å². The molecule has 0 aromatic heterocycles. The molecule has 0 radical (unpaired) electrons. The fourth-order valence-corrected chi connectivity index (χ4v) is 5.05. The van der Waals surface area contributed by atoms with Gasteiger partial charge in [-0.3, -0.25) is 4.79 Å². The molecular formula is C14H22O2. The Balaban J connectivity index is 1.80. The Labute approximate surface area is 97.7 Å². The minimum Gasteiger partial charge on any atom is -0.462 e. The summed E-state index contributed by atoms with van der Waals surface area (Å²) in [7, 11) is 0. The second-order valence-corrected chi connectivity index (χ2v) is 6.53. The number of carbonyl (C=O) groups excluding carboxylic acids is 1. The largest absolute Gasteiger partial charge is 0.462 e. The van der Waals surface area contributed by atoms with Crippen molar-refractivity contribution in [3.05, 3.63) is 0 Å². The minimum absolute atomic E-state index is 0.108. The fraction of sp³-hybridized carbons (Fsp3) is 0.929. The molecule has 4 fully saturated rings. The van der Waals surface area contributed by atoms with E-state index in [4.69, 9.17) is 4.74 Å². The van der Waals surface area contributed by atoms with Gasteiger partial charge in [0.25, 0.3) is 0 Å². The third kappa shape index (κ3) is 1.57. The number of hydrogen-bond donors (Lipinski definition) is 0. The lowest BCUT2D eigenvalue weighted by Crippen LogP contribution is -2.51. The first-order valence-corrected chi connectivity index (χ1v) is 6.74. The van der Waals surface area contributed by atoms with E-state index in [0.717, 1.165) is 17.8 Å². The second-order valence-electron chi connectivity index (χ2n) is 6.53. The van der Waals surface area contributed by atoms with Crippen LogP contribution in [0.15, 0.2) is 0 Å². The summed E-state index contributed by atoms with van der Waals surface area (Å²) in [6.45, 7) is 3.66. The average molecular weight is 222 g/mol. The van der Waals surface area contributed by atoms with Crippen LogP contribution in [0, 0.1) is 23.2 Å². The molecule has 1 unspecified atom stereocenters. The number of carbonyl (C=O) groups is 1. The third-order valence-corrected chi connectivity index (χ3v) is 5.29. The van der Waals surface area contributed by atoms with Crippen LogP contribution >= 0.6 is 0 Å². The van der Waals surface area contributed by atoms with Crippen molar-refractivity contribution < 1.29 is 9.53 Å². The molecule has 4 bridgehead atoms. The molecule has 2 nitrogen and oxygen atoms in total. The van der Waals surface area contributed by atoms with Crippen molar-refractivity contribution in [3.63, 3.8) is 0 Å². The van der Waals surface area contributed by atoms with Crippen molar-refractivity contribution in [1.82, 2.24) is 0 Å². The smallest absolute Gasteiger partial charge is 0.302 e. The SMILES string of the molecule is CC(=O)OC(C)C12CC3CC(CC(C3)C1)C2. The summed E-state index contributed by atoms with van der Waals surface area (Å²) in [4.78, 5) is 11.1. The quantitative estimate of drug-likeness (QED) is 0.671. The first-order valence-electron chi connectivity index (χ1n) is 6.74. The summed E-state index contributed by atoms with van der Waals surface area (Å²) >= 11 is 0. The topological polar surface area (TPSA) is 26.3 Å². The average Bonchev–Trinajstić information content (AvgIpc) is 2.13. The van der Waals surface area contributed by atoms with Gasteiger partial charge in [0.2, 0.25) is 0 Å². The Bertz CT molecular complexity index is 273. The summed E-state index contributed by atoms with van der Waals surface area (Å²) in [5, 5.41) is 0. The van der Waals surface area contributed by atoms with Gasteiger partial charge in [0.15, 0.2) is 0 Å². The molecule has 0 N–H and O–H groups in total. The zero-order valence-corrected chi connectivity index (χ0v) is 10.4. The summed E-state index contributed by atoms with van der Waals surface area (Å²) < 4.78 is 5.50. The van der Waals surface area contributed by atoms with Crippen LogP contribution in [0.3, 0.4) is 0 Å². The van der Waals surface area contributed by atoms with Gasteiger partial charge in [0.05, 0.1) is 0 Å². The molecule has 0 aromatic rings. The van der Waals surface area contributed by atoms with Gasteiger partial charge in [-0.1, -0.05) is 0 Å². The van der Waals surface area contributed by atoms with Gasteiger partial charge >= 0.3 is 5.97 Å². The molecule has 4 aliphatic carbocycles. The van der Waals surface area contributed by atoms with E-state index in [-0.39, 0.29) is 12.1 Å². The van der Waals surface area contributed by atoms with Gasteiger partial charge in [-0.25, -0.2) is 0 Å². The van der Waals surface area contributed by atoms with E-state index >= 15 is 0 Å². The lowest BCUT2D eigenvalue weighted by Gasteiger charge is -2.58. The molecule has 0 amide bonds. The Morgan fingerprint density at radius 1 is 1.12 bits per heavy atom. The molecule has 4 aliphatic rings. The van der Waals surface area contributed by atoms with Crippen molar-refractivity contribution in [1.29, 1.82) is 0 Å². The zero-order valence-electron chi connectivity index (χ0n) is 10.4. The van der Waals surface area contributed by atoms with Gasteiger partial charge in [-0.2, -0.15) is 0 Å². The van der Waals surface area contributed by atoms with Crippen LogP contribution in [0.2, 0.25) is 0 Å². The van der Waals surface area contributed by atoms with E-state index in [1.807, 2.05) is 0 Å². The molecule has 4 rings (SSSR count). The van der Waals surface area contributed by atoms with E-state index in [1.165, 1.54) is 45.4 Å². The molecule has 0 saturated heterocycles. The summed E-state index contributed by atoms with van der Waals surface area (Å²) in [5.41, 5.74) is 0.348. The maximum Gasteiger partial charge on any atom is 0.302 e. The Morgan fingerprint density at radius 2 is 1.56 bits per heavy atom. The first-order chi connectivity index (χ1) is 7.57. The highest BCUT2D eigenvalue weighted by Gasteiger charge is 2.54. The lowest BCUT2D eigenvalue weighted by molar-refractivity contribution is -0.167. The molecule has 0 aliphatic heterocycles. The van der Waals surface area contributed by atoms with Crippen molar-refractivity contribution in [2.75, 3.05) is 0 Å². The zero-order chi connectivity index (χ0) is 11.3. The molecule has 90 valence electrons. The molecule has 0 spiro atoms. The van der Waals surface area contributed by atoms with Crippen LogP contribution in [0.25, 0.3) is 0 Å². The van der Waals surface area contributed by atoms with Gasteiger partial charge in [-0.15, -0.1) is 0 Å². The number of ether oxygens (including phenoxy) is 1. The standard InChI is InChI=1S/C14H22O2/c1-9(16-10(2)15)14-6-11-3-12(7-14)5-13(4-11)8-14/h9,11-13H,3-8H2,1-2H3. The van der Waals surface area contributed by atoms with Crippen LogP contribution < -0.4 is 0 Å². The van der Waals surface area contributed by atoms with Gasteiger partial charge in [0.1, 0.15) is 6.10 Å². The molecule has 1 atom stereocenters. The first kappa shape index (κ1) is 10.6. The summed E-state index contributed by atoms with van der Waals surface area (Å²) in [5.74, 6) is 2.70. The molecule has 4 saturated carbocycles. The number of esters is 1. The lowest BCUT2D eigenvalue weighted by atomic mass is 9.48. The Hall–Kier alpha value is -0.530. The predicted molar refractivity (Wildman–Crippen MR) is 61.8 cm³/mol. The Kier molecular flexibility index (Phi) is 2.31. The van der Waals surface area contributed by atoms with Crippen molar-refractivity contribution in [2.45, 2.75) is 58.5 Å². The van der Waals surface area contributed by atoms with Crippen molar-refractivity contribution in [2.24, 2.45) is 23.2 Å². The van der Waals surface area contributed by atoms with E-state index in [9.17, 15) is 4.79 Å². The fourth-order valence-electron chi connectivity index (χ4n) is 5.05. The maximum absolute atomic E-state index is 11.1. The van der Waals surface area contributed by atoms with Gasteiger partial charge < -0.3 is 4.74 Å². The van der Waals surface area contributed by atoms with Gasteiger partial charge in [0, 0.05) is 12.3 Å². The molecule has 0 aromatic carbocycles. The highest BCUT2D eigenvalue weighted by atomic mass is 16.5. The highest BCUT2D eigenvalue weighted by molar-refractivity contribution is 5.66. The van der Waals surface area contributed by atoms with Crippen molar-refractivity contribution in [3.8, 4) is 0 Å². The van der Waals surface area contributed by atoms with E-state index < -0.39 is 0 Å². The number of rotatable bonds is 2. The van der Waals surface area contributed by atoms with Crippen LogP contribution in [0.1, 0.15) is 52.4 Å². The minimum atomic E-state index is -0.108. The third-order valence-electron chi connectivity index (χ3n) is 5.29. The Morgan fingerprint density at radius 3 is 1.94 bits per heavy atom. The predicted octanol–water partition coefficient (Wildman–Crippen LogP) is 3.15. The van der Waals surface area contributed by atoms with Crippen LogP contribution in [-0.2, 0) is 9.53 Å². The molecule has 2 heteroatoms. The van der Waals surface area contributed by atoms with Crippen molar-refractivity contribution >= 4 is 5.97 Å². The van der Waals surface area contributed by atoms with E-state index in [1.54, 1.807) is 0 Å². The maximum atomic E-state index is 11.1. The number of hydrogen-bond acceptors (Lipinski definition) is 2. The van der Waals surface area contributed by atoms with E-state index in [2.05, 4.69) is 6.92 Å². The molecule has 16 heavy (non-hydrogen) atoms. The second kappa shape index (κ2) is 3.48. The summed E-state index contributed by atoms with van der Waals surface area (Å²) in [6, 6.07) is 0. The normalized spacial score (nSPS) is 46.8. The van der Waals surface area contributed by atoms with Crippen LogP contribution in [0.4, 0.5) is 0 Å². The van der Waals surface area contributed by atoms with Gasteiger partial charge in [-0.05, 0) is 63.2 Å². The van der Waals surface area contributed by atoms with E-state index in [0.29, 0.717) is 5.41 Å². The highest BCUT2D eigenvalue weighted by Crippen LogP contribution is 2.61. The summed E-state index contributed by atoms with van der Waals surface area (Å²) in [6.07, 6.45) is 8.43. The molecular weight excluding hydrogens is 200 g/mol. The molecule has 0 heterocycles.